The summed E-state index contributed by atoms with van der Waals surface area (Å²) < 4.78 is 5.46. The third-order valence-corrected chi connectivity index (χ3v) is 2.04. The lowest BCUT2D eigenvalue weighted by atomic mass is 10.1. The first-order valence-electron chi connectivity index (χ1n) is 4.57. The number of aliphatic hydroxyl groups excluding tert-OH is 1. The molecule has 0 aliphatic heterocycles. The molecule has 3 N–H and O–H groups in total. The van der Waals surface area contributed by atoms with Gasteiger partial charge in [-0.15, -0.1) is 0 Å². The normalized spacial score (nSPS) is 16.5. The fraction of sp³-hybridized carbons (Fsp3) is 1.00. The van der Waals surface area contributed by atoms with Crippen LogP contribution >= 0.6 is 0 Å². The van der Waals surface area contributed by atoms with Crippen molar-refractivity contribution in [3.63, 3.8) is 0 Å². The molecule has 0 bridgehead atoms. The summed E-state index contributed by atoms with van der Waals surface area (Å²) in [7, 11) is 0. The summed E-state index contributed by atoms with van der Waals surface area (Å²) in [6.45, 7) is 7.19. The van der Waals surface area contributed by atoms with Gasteiger partial charge in [-0.05, 0) is 19.3 Å². The van der Waals surface area contributed by atoms with Crippen LogP contribution < -0.4 is 5.73 Å². The van der Waals surface area contributed by atoms with Gasteiger partial charge in [-0.1, -0.05) is 13.8 Å². The molecule has 2 atom stereocenters. The Labute approximate surface area is 74.9 Å². The van der Waals surface area contributed by atoms with Gasteiger partial charge in [-0.25, -0.2) is 0 Å². The molecule has 0 aromatic heterocycles. The first kappa shape index (κ1) is 11.9. The van der Waals surface area contributed by atoms with E-state index in [-0.39, 0.29) is 6.10 Å². The molecule has 3 heteroatoms. The Morgan fingerprint density at radius 3 is 2.33 bits per heavy atom. The molecule has 0 rings (SSSR count). The van der Waals surface area contributed by atoms with E-state index in [0.29, 0.717) is 25.5 Å². The lowest BCUT2D eigenvalue weighted by molar-refractivity contribution is 0.0161. The summed E-state index contributed by atoms with van der Waals surface area (Å²) in [5.41, 5.74) is 5.24. The second-order valence-corrected chi connectivity index (χ2v) is 3.50. The molecular weight excluding hydrogens is 154 g/mol. The Hall–Kier alpha value is -0.120. The SMILES string of the molecule is CC(C)C(C)OCCC(O)CN. The van der Waals surface area contributed by atoms with Crippen LogP contribution in [0, 0.1) is 5.92 Å². The summed E-state index contributed by atoms with van der Waals surface area (Å²) in [4.78, 5) is 0. The van der Waals surface area contributed by atoms with Crippen molar-refractivity contribution in [1.82, 2.24) is 0 Å². The smallest absolute Gasteiger partial charge is 0.0684 e. The van der Waals surface area contributed by atoms with Gasteiger partial charge in [0.25, 0.3) is 0 Å². The highest BCUT2D eigenvalue weighted by atomic mass is 16.5. The summed E-state index contributed by atoms with van der Waals surface area (Å²) in [6, 6.07) is 0. The molecule has 0 saturated heterocycles. The van der Waals surface area contributed by atoms with Crippen molar-refractivity contribution < 1.29 is 9.84 Å². The van der Waals surface area contributed by atoms with E-state index in [4.69, 9.17) is 15.6 Å². The highest BCUT2D eigenvalue weighted by molar-refractivity contribution is 4.58. The summed E-state index contributed by atoms with van der Waals surface area (Å²) in [6.07, 6.45) is 0.479. The van der Waals surface area contributed by atoms with Gasteiger partial charge in [0.1, 0.15) is 0 Å². The zero-order valence-electron chi connectivity index (χ0n) is 8.29. The molecule has 0 aliphatic carbocycles. The zero-order valence-corrected chi connectivity index (χ0v) is 8.29. The molecule has 0 amide bonds. The second-order valence-electron chi connectivity index (χ2n) is 3.50. The first-order valence-corrected chi connectivity index (χ1v) is 4.57. The number of rotatable bonds is 6. The third-order valence-electron chi connectivity index (χ3n) is 2.04. The molecule has 0 radical (unpaired) electrons. The van der Waals surface area contributed by atoms with Gasteiger partial charge < -0.3 is 15.6 Å². The number of hydrogen-bond donors (Lipinski definition) is 2. The van der Waals surface area contributed by atoms with Gasteiger partial charge in [-0.2, -0.15) is 0 Å². The molecule has 2 unspecified atom stereocenters. The Bertz CT molecular complexity index is 107. The number of ether oxygens (including phenoxy) is 1. The minimum absolute atomic E-state index is 0.259. The predicted octanol–water partition coefficient (Wildman–Crippen LogP) is 0.757. The van der Waals surface area contributed by atoms with Gasteiger partial charge in [0, 0.05) is 13.2 Å². The molecule has 0 aliphatic rings. The van der Waals surface area contributed by atoms with Crippen LogP contribution in [0.2, 0.25) is 0 Å². The quantitative estimate of drug-likeness (QED) is 0.626. The van der Waals surface area contributed by atoms with Crippen molar-refractivity contribution >= 4 is 0 Å². The number of hydrogen-bond acceptors (Lipinski definition) is 3. The van der Waals surface area contributed by atoms with Crippen LogP contribution in [0.4, 0.5) is 0 Å². The minimum atomic E-state index is -0.413. The maximum atomic E-state index is 9.10. The highest BCUT2D eigenvalue weighted by Crippen LogP contribution is 2.05. The topological polar surface area (TPSA) is 55.5 Å². The third kappa shape index (κ3) is 5.52. The van der Waals surface area contributed by atoms with Crippen LogP contribution in [0.25, 0.3) is 0 Å². The minimum Gasteiger partial charge on any atom is -0.392 e. The lowest BCUT2D eigenvalue weighted by Gasteiger charge is -2.17. The van der Waals surface area contributed by atoms with Crippen LogP contribution in [0.1, 0.15) is 27.2 Å². The van der Waals surface area contributed by atoms with E-state index in [1.807, 2.05) is 6.92 Å². The van der Waals surface area contributed by atoms with Crippen LogP contribution in [-0.2, 0) is 4.74 Å². The van der Waals surface area contributed by atoms with Crippen molar-refractivity contribution in [3.05, 3.63) is 0 Å². The summed E-state index contributed by atoms with van der Waals surface area (Å²) >= 11 is 0. The monoisotopic (exact) mass is 175 g/mol. The van der Waals surface area contributed by atoms with Crippen LogP contribution in [0.3, 0.4) is 0 Å². The Morgan fingerprint density at radius 1 is 1.33 bits per heavy atom. The number of nitrogens with two attached hydrogens (primary N) is 1. The highest BCUT2D eigenvalue weighted by Gasteiger charge is 2.07. The largest absolute Gasteiger partial charge is 0.392 e. The fourth-order valence-electron chi connectivity index (χ4n) is 0.700. The molecule has 0 aromatic carbocycles. The van der Waals surface area contributed by atoms with Gasteiger partial charge in [-0.3, -0.25) is 0 Å². The van der Waals surface area contributed by atoms with Crippen LogP contribution in [0.5, 0.6) is 0 Å². The molecule has 0 fully saturated rings. The van der Waals surface area contributed by atoms with Gasteiger partial charge in [0.05, 0.1) is 12.2 Å². The molecule has 0 spiro atoms. The maximum absolute atomic E-state index is 9.10. The van der Waals surface area contributed by atoms with E-state index < -0.39 is 6.10 Å². The van der Waals surface area contributed by atoms with Crippen molar-refractivity contribution in [2.75, 3.05) is 13.2 Å². The average molecular weight is 175 g/mol. The van der Waals surface area contributed by atoms with E-state index >= 15 is 0 Å². The van der Waals surface area contributed by atoms with Crippen LogP contribution in [0.15, 0.2) is 0 Å². The van der Waals surface area contributed by atoms with E-state index in [1.54, 1.807) is 0 Å². The summed E-state index contributed by atoms with van der Waals surface area (Å²) in [5.74, 6) is 0.528. The lowest BCUT2D eigenvalue weighted by Crippen LogP contribution is -2.23. The fourth-order valence-corrected chi connectivity index (χ4v) is 0.700. The summed E-state index contributed by atoms with van der Waals surface area (Å²) in [5, 5.41) is 9.10. The van der Waals surface area contributed by atoms with E-state index in [0.717, 1.165) is 0 Å². The van der Waals surface area contributed by atoms with E-state index in [1.165, 1.54) is 0 Å². The Balaban J connectivity index is 3.30. The molecule has 74 valence electrons. The second kappa shape index (κ2) is 6.40. The van der Waals surface area contributed by atoms with E-state index in [9.17, 15) is 0 Å². The Kier molecular flexibility index (Phi) is 6.34. The molecular formula is C9H21NO2. The zero-order chi connectivity index (χ0) is 9.56. The molecule has 0 aromatic rings. The van der Waals surface area contributed by atoms with Crippen molar-refractivity contribution in [2.45, 2.75) is 39.4 Å². The number of aliphatic hydroxyl groups is 1. The van der Waals surface area contributed by atoms with Crippen molar-refractivity contribution in [1.29, 1.82) is 0 Å². The molecule has 12 heavy (non-hydrogen) atoms. The van der Waals surface area contributed by atoms with Gasteiger partial charge >= 0.3 is 0 Å². The molecule has 3 nitrogen and oxygen atoms in total. The first-order chi connectivity index (χ1) is 5.57. The van der Waals surface area contributed by atoms with Gasteiger partial charge in [0.15, 0.2) is 0 Å². The van der Waals surface area contributed by atoms with Crippen LogP contribution in [-0.4, -0.2) is 30.5 Å². The Morgan fingerprint density at radius 2 is 1.92 bits per heavy atom. The van der Waals surface area contributed by atoms with Crippen molar-refractivity contribution in [3.8, 4) is 0 Å². The van der Waals surface area contributed by atoms with Gasteiger partial charge in [0.2, 0.25) is 0 Å². The predicted molar refractivity (Wildman–Crippen MR) is 49.9 cm³/mol. The van der Waals surface area contributed by atoms with E-state index in [2.05, 4.69) is 13.8 Å². The molecule has 0 saturated carbocycles. The molecule has 0 heterocycles. The maximum Gasteiger partial charge on any atom is 0.0684 e. The standard InChI is InChI=1S/C9H21NO2/c1-7(2)8(3)12-5-4-9(11)6-10/h7-9,11H,4-6,10H2,1-3H3. The van der Waals surface area contributed by atoms with Crippen molar-refractivity contribution in [2.24, 2.45) is 11.7 Å². The average Bonchev–Trinajstić information content (AvgIpc) is 2.03.